The lowest BCUT2D eigenvalue weighted by atomic mass is 9.82. The second-order valence-electron chi connectivity index (χ2n) is 13.0. The number of para-hydroxylation sites is 1. The van der Waals surface area contributed by atoms with Crippen molar-refractivity contribution in [1.29, 1.82) is 0 Å². The average molecular weight is 608 g/mol. The maximum atomic E-state index is 6.42. The van der Waals surface area contributed by atoms with Crippen molar-refractivity contribution >= 4 is 81.3 Å². The van der Waals surface area contributed by atoms with Gasteiger partial charge in [-0.25, -0.2) is 0 Å². The smallest absolute Gasteiger partial charge is 0.137 e. The van der Waals surface area contributed by atoms with Crippen LogP contribution in [-0.2, 0) is 5.41 Å². The molecule has 1 aliphatic carbocycles. The molecule has 0 atom stereocenters. The van der Waals surface area contributed by atoms with Crippen LogP contribution in [0.25, 0.3) is 64.0 Å². The molecule has 0 bridgehead atoms. The van der Waals surface area contributed by atoms with E-state index in [1.807, 2.05) is 23.5 Å². The van der Waals surface area contributed by atoms with Crippen molar-refractivity contribution in [2.75, 3.05) is 4.90 Å². The molecule has 0 saturated carbocycles. The Labute approximate surface area is 270 Å². The van der Waals surface area contributed by atoms with Crippen LogP contribution in [-0.4, -0.2) is 0 Å². The molecule has 46 heavy (non-hydrogen) atoms. The monoisotopic (exact) mass is 607 g/mol. The summed E-state index contributed by atoms with van der Waals surface area (Å²) in [5.41, 5.74) is 10.4. The van der Waals surface area contributed by atoms with E-state index >= 15 is 0 Å². The lowest BCUT2D eigenvalue weighted by molar-refractivity contribution is 0.660. The minimum atomic E-state index is -0.0920. The number of rotatable bonds is 3. The fraction of sp³-hybridized carbons (Fsp3) is 0.0698. The first-order valence-electron chi connectivity index (χ1n) is 15.8. The quantitative estimate of drug-likeness (QED) is 0.199. The highest BCUT2D eigenvalue weighted by Gasteiger charge is 2.37. The lowest BCUT2D eigenvalue weighted by Gasteiger charge is -2.29. The molecule has 2 nitrogen and oxygen atoms in total. The predicted molar refractivity (Wildman–Crippen MR) is 196 cm³/mol. The molecule has 0 unspecified atom stereocenters. The van der Waals surface area contributed by atoms with Crippen LogP contribution in [0, 0.1) is 0 Å². The van der Waals surface area contributed by atoms with Gasteiger partial charge < -0.3 is 9.32 Å². The first-order valence-corrected chi connectivity index (χ1v) is 16.7. The van der Waals surface area contributed by atoms with Crippen molar-refractivity contribution in [2.24, 2.45) is 0 Å². The summed E-state index contributed by atoms with van der Waals surface area (Å²) in [7, 11) is 0. The Bertz CT molecular complexity index is 2690. The zero-order valence-electron chi connectivity index (χ0n) is 25.5. The summed E-state index contributed by atoms with van der Waals surface area (Å²) in [5, 5.41) is 7.40. The molecule has 2 aromatic heterocycles. The Balaban J connectivity index is 1.25. The molecule has 218 valence electrons. The summed E-state index contributed by atoms with van der Waals surface area (Å²) in [4.78, 5) is 2.43. The van der Waals surface area contributed by atoms with Crippen molar-refractivity contribution < 1.29 is 4.42 Å². The Morgan fingerprint density at radius 3 is 2.20 bits per heavy atom. The minimum Gasteiger partial charge on any atom is -0.456 e. The van der Waals surface area contributed by atoms with Crippen LogP contribution in [0.1, 0.15) is 25.0 Å². The summed E-state index contributed by atoms with van der Waals surface area (Å²) in [6.45, 7) is 4.69. The van der Waals surface area contributed by atoms with Crippen LogP contribution in [0.5, 0.6) is 0 Å². The molecule has 3 heteroatoms. The van der Waals surface area contributed by atoms with E-state index in [2.05, 4.69) is 146 Å². The summed E-state index contributed by atoms with van der Waals surface area (Å²) >= 11 is 1.87. The van der Waals surface area contributed by atoms with Gasteiger partial charge in [0.1, 0.15) is 11.2 Å². The fourth-order valence-corrected chi connectivity index (χ4v) is 8.93. The molecular formula is C43H29NOS. The maximum Gasteiger partial charge on any atom is 0.137 e. The largest absolute Gasteiger partial charge is 0.456 e. The van der Waals surface area contributed by atoms with Crippen LogP contribution < -0.4 is 4.90 Å². The molecule has 10 rings (SSSR count). The highest BCUT2D eigenvalue weighted by atomic mass is 32.1. The van der Waals surface area contributed by atoms with Crippen molar-refractivity contribution in [3.63, 3.8) is 0 Å². The van der Waals surface area contributed by atoms with Crippen molar-refractivity contribution in [3.8, 4) is 11.1 Å². The molecule has 1 aliphatic rings. The standard InChI is InChI=1S/C43H29NOS/c1-43(2)35-13-6-3-12-33(35)42-36(43)14-9-15-37(42)44(29-20-21-31-30-10-4-7-16-38(30)45-39(31)25-29)28-19-18-26-24-41-34(23-27(26)22-28)32-11-5-8-17-40(32)46-41/h3-25H,1-2H3. The number of benzene rings is 7. The van der Waals surface area contributed by atoms with Crippen LogP contribution >= 0.6 is 11.3 Å². The molecule has 0 fully saturated rings. The van der Waals surface area contributed by atoms with E-state index in [4.69, 9.17) is 4.42 Å². The van der Waals surface area contributed by atoms with Gasteiger partial charge in [0.15, 0.2) is 0 Å². The molecule has 0 N–H and O–H groups in total. The maximum absolute atomic E-state index is 6.42. The number of furan rings is 1. The minimum absolute atomic E-state index is 0.0920. The molecule has 0 radical (unpaired) electrons. The number of hydrogen-bond donors (Lipinski definition) is 0. The molecule has 0 amide bonds. The second-order valence-corrected chi connectivity index (χ2v) is 14.0. The zero-order chi connectivity index (χ0) is 30.6. The van der Waals surface area contributed by atoms with Crippen LogP contribution in [0.3, 0.4) is 0 Å². The Morgan fingerprint density at radius 1 is 0.522 bits per heavy atom. The van der Waals surface area contributed by atoms with E-state index in [0.29, 0.717) is 0 Å². The Kier molecular flexibility index (Phi) is 5.25. The van der Waals surface area contributed by atoms with Gasteiger partial charge in [-0.05, 0) is 82.1 Å². The van der Waals surface area contributed by atoms with Gasteiger partial charge in [-0.15, -0.1) is 11.3 Å². The van der Waals surface area contributed by atoms with E-state index < -0.39 is 0 Å². The summed E-state index contributed by atoms with van der Waals surface area (Å²) in [6.07, 6.45) is 0. The molecule has 7 aromatic carbocycles. The van der Waals surface area contributed by atoms with Crippen LogP contribution in [0.2, 0.25) is 0 Å². The predicted octanol–water partition coefficient (Wildman–Crippen LogP) is 12.9. The topological polar surface area (TPSA) is 16.4 Å². The second kappa shape index (κ2) is 9.32. The van der Waals surface area contributed by atoms with E-state index in [1.54, 1.807) is 0 Å². The first kappa shape index (κ1) is 25.9. The van der Waals surface area contributed by atoms with E-state index in [1.165, 1.54) is 58.9 Å². The Hall–Kier alpha value is -5.38. The van der Waals surface area contributed by atoms with Crippen molar-refractivity contribution in [2.45, 2.75) is 19.3 Å². The van der Waals surface area contributed by atoms with Crippen LogP contribution in [0.15, 0.2) is 144 Å². The summed E-state index contributed by atoms with van der Waals surface area (Å²) in [5.74, 6) is 0. The number of thiophene rings is 1. The highest BCUT2D eigenvalue weighted by molar-refractivity contribution is 7.25. The third kappa shape index (κ3) is 3.58. The van der Waals surface area contributed by atoms with E-state index in [9.17, 15) is 0 Å². The van der Waals surface area contributed by atoms with E-state index in [-0.39, 0.29) is 5.41 Å². The van der Waals surface area contributed by atoms with Gasteiger partial charge in [0.25, 0.3) is 0 Å². The van der Waals surface area contributed by atoms with Gasteiger partial charge in [0.2, 0.25) is 0 Å². The normalized spacial score (nSPS) is 13.6. The molecule has 0 saturated heterocycles. The van der Waals surface area contributed by atoms with Gasteiger partial charge in [-0.2, -0.15) is 0 Å². The molecule has 0 aliphatic heterocycles. The third-order valence-corrected chi connectivity index (χ3v) is 11.2. The van der Waals surface area contributed by atoms with Gasteiger partial charge >= 0.3 is 0 Å². The molecule has 2 heterocycles. The summed E-state index contributed by atoms with van der Waals surface area (Å²) < 4.78 is 9.08. The van der Waals surface area contributed by atoms with E-state index in [0.717, 1.165) is 33.3 Å². The van der Waals surface area contributed by atoms with Crippen molar-refractivity contribution in [1.82, 2.24) is 0 Å². The van der Waals surface area contributed by atoms with Crippen LogP contribution in [0.4, 0.5) is 17.1 Å². The SMILES string of the molecule is CC1(C)c2ccccc2-c2c(N(c3ccc4cc5sc6ccccc6c5cc4c3)c3ccc4c(c3)oc3ccccc34)cccc21. The average Bonchev–Trinajstić information content (AvgIpc) is 3.71. The zero-order valence-corrected chi connectivity index (χ0v) is 26.4. The Morgan fingerprint density at radius 2 is 1.26 bits per heavy atom. The van der Waals surface area contributed by atoms with Gasteiger partial charge in [-0.3, -0.25) is 0 Å². The fourth-order valence-electron chi connectivity index (χ4n) is 7.80. The molecular weight excluding hydrogens is 579 g/mol. The van der Waals surface area contributed by atoms with Gasteiger partial charge in [0.05, 0.1) is 5.69 Å². The number of nitrogens with zero attached hydrogens (tertiary/aromatic N) is 1. The third-order valence-electron chi connectivity index (χ3n) is 10.0. The van der Waals surface area contributed by atoms with Gasteiger partial charge in [-0.1, -0.05) is 92.7 Å². The molecule has 9 aromatic rings. The number of fused-ring (bicyclic) bond motifs is 10. The summed E-state index contributed by atoms with van der Waals surface area (Å²) in [6, 6.07) is 51.0. The molecule has 0 spiro atoms. The van der Waals surface area contributed by atoms with Gasteiger partial charge in [0, 0.05) is 59.4 Å². The number of anilines is 3. The highest BCUT2D eigenvalue weighted by Crippen LogP contribution is 2.54. The van der Waals surface area contributed by atoms with Crippen molar-refractivity contribution in [3.05, 3.63) is 151 Å². The lowest BCUT2D eigenvalue weighted by Crippen LogP contribution is -2.16. The first-order chi connectivity index (χ1) is 22.5. The number of hydrogen-bond acceptors (Lipinski definition) is 3.